The molecule has 9 heteroatoms. The van der Waals surface area contributed by atoms with E-state index in [1.165, 1.54) is 13.3 Å². The maximum absolute atomic E-state index is 12.6. The molecule has 0 bridgehead atoms. The van der Waals surface area contributed by atoms with Crippen LogP contribution in [0.3, 0.4) is 0 Å². The van der Waals surface area contributed by atoms with Gasteiger partial charge >= 0.3 is 18.1 Å². The fourth-order valence-corrected chi connectivity index (χ4v) is 3.74. The predicted octanol–water partition coefficient (Wildman–Crippen LogP) is 3.54. The van der Waals surface area contributed by atoms with Crippen LogP contribution in [-0.2, 0) is 14.3 Å². The number of nitrogens with zero attached hydrogens (tertiary/aromatic N) is 1. The number of urea groups is 1. The predicted molar refractivity (Wildman–Crippen MR) is 129 cm³/mol. The van der Waals surface area contributed by atoms with Gasteiger partial charge in [0.1, 0.15) is 12.2 Å². The number of rotatable bonds is 7. The molecule has 2 aromatic carbocycles. The number of hydrazone groups is 1. The van der Waals surface area contributed by atoms with Gasteiger partial charge in [-0.15, -0.1) is 0 Å². The summed E-state index contributed by atoms with van der Waals surface area (Å²) in [5.74, 6) is -0.617. The molecule has 0 saturated carbocycles. The van der Waals surface area contributed by atoms with Gasteiger partial charge in [0.25, 0.3) is 0 Å². The highest BCUT2D eigenvalue weighted by Crippen LogP contribution is 2.44. The van der Waals surface area contributed by atoms with Crippen molar-refractivity contribution in [2.45, 2.75) is 44.8 Å². The molecule has 1 aliphatic carbocycles. The molecule has 180 valence electrons. The topological polar surface area (TPSA) is 118 Å². The van der Waals surface area contributed by atoms with E-state index in [-0.39, 0.29) is 18.9 Å². The van der Waals surface area contributed by atoms with E-state index in [1.807, 2.05) is 36.4 Å². The Labute approximate surface area is 198 Å². The van der Waals surface area contributed by atoms with Crippen molar-refractivity contribution < 1.29 is 23.9 Å². The van der Waals surface area contributed by atoms with Crippen LogP contribution in [0.15, 0.2) is 53.6 Å². The summed E-state index contributed by atoms with van der Waals surface area (Å²) in [6, 6.07) is 14.7. The Morgan fingerprint density at radius 3 is 2.18 bits per heavy atom. The van der Waals surface area contributed by atoms with Crippen molar-refractivity contribution in [3.8, 4) is 11.1 Å². The summed E-state index contributed by atoms with van der Waals surface area (Å²) >= 11 is 0. The zero-order valence-corrected chi connectivity index (χ0v) is 19.8. The molecule has 3 amide bonds. The lowest BCUT2D eigenvalue weighted by Crippen LogP contribution is -2.40. The molecule has 0 spiro atoms. The van der Waals surface area contributed by atoms with Crippen molar-refractivity contribution in [1.29, 1.82) is 0 Å². The van der Waals surface area contributed by atoms with Gasteiger partial charge in [-0.1, -0.05) is 48.5 Å². The van der Waals surface area contributed by atoms with Gasteiger partial charge in [-0.3, -0.25) is 4.79 Å². The highest BCUT2D eigenvalue weighted by atomic mass is 16.6. The lowest BCUT2D eigenvalue weighted by atomic mass is 9.98. The Kier molecular flexibility index (Phi) is 7.88. The first-order valence-corrected chi connectivity index (χ1v) is 11.0. The quantitative estimate of drug-likeness (QED) is 0.328. The summed E-state index contributed by atoms with van der Waals surface area (Å²) in [7, 11) is 1.44. The molecule has 0 aromatic heterocycles. The van der Waals surface area contributed by atoms with Crippen LogP contribution < -0.4 is 16.1 Å². The zero-order valence-electron chi connectivity index (χ0n) is 19.8. The van der Waals surface area contributed by atoms with E-state index >= 15 is 0 Å². The normalized spacial score (nSPS) is 13.5. The van der Waals surface area contributed by atoms with Crippen molar-refractivity contribution in [3.63, 3.8) is 0 Å². The van der Waals surface area contributed by atoms with Gasteiger partial charge in [-0.25, -0.2) is 15.0 Å². The van der Waals surface area contributed by atoms with Gasteiger partial charge in [0, 0.05) is 19.2 Å². The first-order valence-electron chi connectivity index (χ1n) is 11.0. The Morgan fingerprint density at radius 2 is 1.62 bits per heavy atom. The standard InChI is InChI=1S/C25H30N4O5/c1-25(2,3)34-22(30)13-16(14-27-29-23(31)26-4)28-24(32)33-15-21-19-11-7-5-9-17(19)18-10-6-8-12-20(18)21/h5-12,14,16,21H,13,15H2,1-4H3,(H,28,32)(H2,26,29,31)/t16-/m0/s1. The molecule has 1 aliphatic rings. The number of esters is 1. The van der Waals surface area contributed by atoms with Crippen LogP contribution in [0.2, 0.25) is 0 Å². The largest absolute Gasteiger partial charge is 0.460 e. The van der Waals surface area contributed by atoms with Crippen molar-refractivity contribution >= 4 is 24.3 Å². The molecular weight excluding hydrogens is 436 g/mol. The minimum absolute atomic E-state index is 0.0916. The molecule has 0 aliphatic heterocycles. The van der Waals surface area contributed by atoms with Crippen LogP contribution >= 0.6 is 0 Å². The summed E-state index contributed by atoms with van der Waals surface area (Å²) in [4.78, 5) is 36.2. The van der Waals surface area contributed by atoms with Crippen LogP contribution in [0.25, 0.3) is 11.1 Å². The molecule has 2 aromatic rings. The SMILES string of the molecule is CNC(=O)NN=C[C@H](CC(=O)OC(C)(C)C)NC(=O)OCC1c2ccccc2-c2ccccc21. The Hall–Kier alpha value is -3.88. The minimum atomic E-state index is -0.845. The van der Waals surface area contributed by atoms with E-state index in [4.69, 9.17) is 9.47 Å². The highest BCUT2D eigenvalue weighted by molar-refractivity contribution is 5.83. The Bertz CT molecular complexity index is 1030. The summed E-state index contributed by atoms with van der Waals surface area (Å²) in [5.41, 5.74) is 6.00. The van der Waals surface area contributed by atoms with Gasteiger partial charge in [-0.05, 0) is 43.0 Å². The average molecular weight is 467 g/mol. The Morgan fingerprint density at radius 1 is 1.03 bits per heavy atom. The molecule has 0 fully saturated rings. The first kappa shape index (κ1) is 24.8. The fourth-order valence-electron chi connectivity index (χ4n) is 3.74. The molecule has 34 heavy (non-hydrogen) atoms. The second-order valence-electron chi connectivity index (χ2n) is 8.84. The molecule has 3 rings (SSSR count). The number of hydrogen-bond donors (Lipinski definition) is 3. The summed E-state index contributed by atoms with van der Waals surface area (Å²) in [6.07, 6.45) is 0.364. The number of hydrogen-bond acceptors (Lipinski definition) is 6. The number of carbonyl (C=O) groups is 3. The Balaban J connectivity index is 1.65. The van der Waals surface area contributed by atoms with Crippen LogP contribution in [0, 0.1) is 0 Å². The second kappa shape index (κ2) is 10.8. The molecule has 3 N–H and O–H groups in total. The van der Waals surface area contributed by atoms with Gasteiger partial charge in [0.2, 0.25) is 0 Å². The van der Waals surface area contributed by atoms with E-state index in [1.54, 1.807) is 20.8 Å². The molecule has 0 heterocycles. The van der Waals surface area contributed by atoms with Crippen LogP contribution in [-0.4, -0.2) is 49.6 Å². The number of ether oxygens (including phenoxy) is 2. The number of fused-ring (bicyclic) bond motifs is 3. The van der Waals surface area contributed by atoms with Crippen LogP contribution in [0.5, 0.6) is 0 Å². The third-order valence-electron chi connectivity index (χ3n) is 5.10. The van der Waals surface area contributed by atoms with Gasteiger partial charge in [0.05, 0.1) is 12.5 Å². The molecule has 0 unspecified atom stereocenters. The first-order chi connectivity index (χ1) is 16.2. The van der Waals surface area contributed by atoms with E-state index in [0.717, 1.165) is 22.3 Å². The van der Waals surface area contributed by atoms with E-state index < -0.39 is 29.7 Å². The van der Waals surface area contributed by atoms with Crippen LogP contribution in [0.1, 0.15) is 44.2 Å². The van der Waals surface area contributed by atoms with Gasteiger partial charge in [-0.2, -0.15) is 5.10 Å². The number of alkyl carbamates (subject to hydrolysis) is 1. The summed E-state index contributed by atoms with van der Waals surface area (Å²) in [6.45, 7) is 5.38. The average Bonchev–Trinajstić information content (AvgIpc) is 3.10. The molecule has 0 saturated heterocycles. The van der Waals surface area contributed by atoms with Crippen LogP contribution in [0.4, 0.5) is 9.59 Å². The smallest absolute Gasteiger partial charge is 0.407 e. The van der Waals surface area contributed by atoms with Gasteiger partial charge in [0.15, 0.2) is 0 Å². The molecule has 9 nitrogen and oxygen atoms in total. The molecular formula is C25H30N4O5. The zero-order chi connectivity index (χ0) is 24.7. The summed E-state index contributed by atoms with van der Waals surface area (Å²) < 4.78 is 10.9. The van der Waals surface area contributed by atoms with E-state index in [0.29, 0.717) is 0 Å². The number of nitrogens with one attached hydrogen (secondary N) is 3. The van der Waals surface area contributed by atoms with Gasteiger partial charge < -0.3 is 20.1 Å². The fraction of sp³-hybridized carbons (Fsp3) is 0.360. The third-order valence-corrected chi connectivity index (χ3v) is 5.10. The van der Waals surface area contributed by atoms with Crippen molar-refractivity contribution in [2.24, 2.45) is 5.10 Å². The van der Waals surface area contributed by atoms with Crippen molar-refractivity contribution in [2.75, 3.05) is 13.7 Å². The monoisotopic (exact) mass is 466 g/mol. The minimum Gasteiger partial charge on any atom is -0.460 e. The number of benzene rings is 2. The molecule has 1 atom stereocenters. The van der Waals surface area contributed by atoms with Crippen molar-refractivity contribution in [3.05, 3.63) is 59.7 Å². The lowest BCUT2D eigenvalue weighted by Gasteiger charge is -2.21. The molecule has 0 radical (unpaired) electrons. The van der Waals surface area contributed by atoms with Crippen molar-refractivity contribution in [1.82, 2.24) is 16.1 Å². The number of carbonyl (C=O) groups excluding carboxylic acids is 3. The highest BCUT2D eigenvalue weighted by Gasteiger charge is 2.29. The van der Waals surface area contributed by atoms with E-state index in [2.05, 4.69) is 33.3 Å². The third kappa shape index (κ3) is 6.57. The lowest BCUT2D eigenvalue weighted by molar-refractivity contribution is -0.154. The maximum atomic E-state index is 12.6. The number of amides is 3. The maximum Gasteiger partial charge on any atom is 0.407 e. The summed E-state index contributed by atoms with van der Waals surface area (Å²) in [5, 5.41) is 8.74. The van der Waals surface area contributed by atoms with E-state index in [9.17, 15) is 14.4 Å². The second-order valence-corrected chi connectivity index (χ2v) is 8.84.